The van der Waals surface area contributed by atoms with Gasteiger partial charge in [0.2, 0.25) is 0 Å². The molecule has 2 aromatic heterocycles. The van der Waals surface area contributed by atoms with Gasteiger partial charge in [0, 0.05) is 0 Å². The van der Waals surface area contributed by atoms with Gasteiger partial charge in [0.25, 0.3) is 0 Å². The number of carbonyl (C=O) groups is 1. The molecule has 8 heteroatoms. The van der Waals surface area contributed by atoms with Gasteiger partial charge in [-0.05, 0) is 25.1 Å². The maximum Gasteiger partial charge on any atom is 0.431 e. The first kappa shape index (κ1) is 14.0. The first-order valence-electron chi connectivity index (χ1n) is 5.56. The summed E-state index contributed by atoms with van der Waals surface area (Å²) in [5.41, 5.74) is -1.23. The van der Waals surface area contributed by atoms with E-state index in [0.29, 0.717) is 0 Å². The van der Waals surface area contributed by atoms with Crippen LogP contribution in [0, 0.1) is 0 Å². The highest BCUT2D eigenvalue weighted by Crippen LogP contribution is 2.31. The van der Waals surface area contributed by atoms with E-state index < -0.39 is 17.8 Å². The lowest BCUT2D eigenvalue weighted by molar-refractivity contribution is -0.142. The lowest BCUT2D eigenvalue weighted by atomic mass is 10.2. The molecule has 20 heavy (non-hydrogen) atoms. The van der Waals surface area contributed by atoms with Crippen molar-refractivity contribution in [2.45, 2.75) is 13.1 Å². The van der Waals surface area contributed by atoms with Gasteiger partial charge < -0.3 is 4.74 Å². The number of esters is 1. The summed E-state index contributed by atoms with van der Waals surface area (Å²) in [5.74, 6) is -0.788. The minimum atomic E-state index is -4.59. The highest BCUT2D eigenvalue weighted by atomic mass is 19.4. The number of rotatable bonds is 2. The van der Waals surface area contributed by atoms with E-state index in [0.717, 1.165) is 23.6 Å². The summed E-state index contributed by atoms with van der Waals surface area (Å²) in [4.78, 5) is 11.6. The molecule has 0 radical (unpaired) electrons. The van der Waals surface area contributed by atoms with Crippen LogP contribution < -0.4 is 0 Å². The van der Waals surface area contributed by atoms with Crippen molar-refractivity contribution >= 4 is 17.7 Å². The fourth-order valence-corrected chi connectivity index (χ4v) is 1.77. The van der Waals surface area contributed by atoms with Crippen molar-refractivity contribution in [1.82, 2.24) is 14.6 Å². The average molecular weight is 285 g/mol. The topological polar surface area (TPSA) is 56.5 Å². The molecule has 0 saturated carbocycles. The van der Waals surface area contributed by atoms with Gasteiger partial charge in [-0.1, -0.05) is 6.08 Å². The number of ether oxygens (including phenoxy) is 1. The Bertz CT molecular complexity index is 689. The summed E-state index contributed by atoms with van der Waals surface area (Å²) >= 11 is 0. The van der Waals surface area contributed by atoms with Gasteiger partial charge >= 0.3 is 12.1 Å². The molecular formula is C12H10F3N3O2. The van der Waals surface area contributed by atoms with Crippen molar-refractivity contribution in [3.63, 3.8) is 0 Å². The largest absolute Gasteiger partial charge is 0.465 e. The van der Waals surface area contributed by atoms with Crippen LogP contribution in [0.25, 0.3) is 11.7 Å². The van der Waals surface area contributed by atoms with Crippen LogP contribution in [0.15, 0.2) is 18.2 Å². The molecule has 0 saturated heterocycles. The molecule has 0 aliphatic heterocycles. The van der Waals surface area contributed by atoms with E-state index in [1.807, 2.05) is 0 Å². The minimum absolute atomic E-state index is 0.0134. The highest BCUT2D eigenvalue weighted by molar-refractivity contribution is 5.95. The van der Waals surface area contributed by atoms with Crippen molar-refractivity contribution in [3.05, 3.63) is 35.3 Å². The van der Waals surface area contributed by atoms with E-state index in [-0.39, 0.29) is 17.0 Å². The van der Waals surface area contributed by atoms with Gasteiger partial charge in [0.15, 0.2) is 11.5 Å². The van der Waals surface area contributed by atoms with Crippen LogP contribution in [0.5, 0.6) is 0 Å². The minimum Gasteiger partial charge on any atom is -0.465 e. The summed E-state index contributed by atoms with van der Waals surface area (Å²) in [6, 6.07) is 1.83. The third-order valence-electron chi connectivity index (χ3n) is 2.59. The molecule has 0 atom stereocenters. The zero-order valence-electron chi connectivity index (χ0n) is 10.6. The second kappa shape index (κ2) is 4.95. The van der Waals surface area contributed by atoms with E-state index in [2.05, 4.69) is 14.9 Å². The Morgan fingerprint density at radius 3 is 2.60 bits per heavy atom. The standard InChI is InChI=1S/C12H10F3N3O2/c1-3-4-9-16-17-10-7(11(19)20-2)5-6-8(18(9)10)12(13,14)15/h3-6H,1-2H3. The monoisotopic (exact) mass is 285 g/mol. The Balaban J connectivity index is 2.84. The third-order valence-corrected chi connectivity index (χ3v) is 2.59. The molecule has 2 heterocycles. The van der Waals surface area contributed by atoms with Crippen molar-refractivity contribution in [3.8, 4) is 0 Å². The van der Waals surface area contributed by atoms with E-state index in [1.54, 1.807) is 6.92 Å². The fraction of sp³-hybridized carbons (Fsp3) is 0.250. The highest BCUT2D eigenvalue weighted by Gasteiger charge is 2.35. The van der Waals surface area contributed by atoms with Crippen molar-refractivity contribution in [2.24, 2.45) is 0 Å². The van der Waals surface area contributed by atoms with Crippen LogP contribution in [-0.2, 0) is 10.9 Å². The molecule has 2 rings (SSSR count). The van der Waals surface area contributed by atoms with E-state index in [9.17, 15) is 18.0 Å². The Morgan fingerprint density at radius 1 is 1.35 bits per heavy atom. The number of aromatic nitrogens is 3. The molecule has 0 N–H and O–H groups in total. The molecule has 0 aliphatic rings. The number of hydrogen-bond donors (Lipinski definition) is 0. The molecule has 0 bridgehead atoms. The molecule has 0 unspecified atom stereocenters. The maximum absolute atomic E-state index is 13.0. The van der Waals surface area contributed by atoms with Crippen LogP contribution in [0.2, 0.25) is 0 Å². The zero-order chi connectivity index (χ0) is 14.9. The second-order valence-corrected chi connectivity index (χ2v) is 3.84. The van der Waals surface area contributed by atoms with Crippen LogP contribution in [0.4, 0.5) is 13.2 Å². The smallest absolute Gasteiger partial charge is 0.431 e. The molecule has 106 valence electrons. The van der Waals surface area contributed by atoms with Gasteiger partial charge in [-0.2, -0.15) is 13.2 Å². The summed E-state index contributed by atoms with van der Waals surface area (Å²) in [6.07, 6.45) is -1.69. The van der Waals surface area contributed by atoms with E-state index in [4.69, 9.17) is 0 Å². The summed E-state index contributed by atoms with van der Waals surface area (Å²) < 4.78 is 44.3. The first-order valence-corrected chi connectivity index (χ1v) is 5.56. The Morgan fingerprint density at radius 2 is 2.05 bits per heavy atom. The number of halogens is 3. The van der Waals surface area contributed by atoms with Crippen LogP contribution in [0.1, 0.15) is 28.8 Å². The molecule has 0 amide bonds. The molecule has 0 aliphatic carbocycles. The molecular weight excluding hydrogens is 275 g/mol. The number of alkyl halides is 3. The third kappa shape index (κ3) is 2.24. The number of hydrogen-bond acceptors (Lipinski definition) is 4. The van der Waals surface area contributed by atoms with Gasteiger partial charge in [0.05, 0.1) is 7.11 Å². The predicted molar refractivity (Wildman–Crippen MR) is 64.0 cm³/mol. The molecule has 0 aromatic carbocycles. The number of carbonyl (C=O) groups excluding carboxylic acids is 1. The van der Waals surface area contributed by atoms with Gasteiger partial charge in [0.1, 0.15) is 11.3 Å². The van der Waals surface area contributed by atoms with Crippen molar-refractivity contribution < 1.29 is 22.7 Å². The van der Waals surface area contributed by atoms with Crippen LogP contribution in [-0.4, -0.2) is 27.7 Å². The fourth-order valence-electron chi connectivity index (χ4n) is 1.77. The lowest BCUT2D eigenvalue weighted by Gasteiger charge is -2.11. The van der Waals surface area contributed by atoms with Crippen molar-refractivity contribution in [2.75, 3.05) is 7.11 Å². The van der Waals surface area contributed by atoms with E-state index in [1.165, 1.54) is 12.2 Å². The zero-order valence-corrected chi connectivity index (χ0v) is 10.6. The van der Waals surface area contributed by atoms with Gasteiger partial charge in [-0.3, -0.25) is 4.40 Å². The summed E-state index contributed by atoms with van der Waals surface area (Å²) in [7, 11) is 1.14. The van der Waals surface area contributed by atoms with Crippen LogP contribution >= 0.6 is 0 Å². The lowest BCUT2D eigenvalue weighted by Crippen LogP contribution is -2.15. The van der Waals surface area contributed by atoms with Crippen molar-refractivity contribution in [1.29, 1.82) is 0 Å². The quantitative estimate of drug-likeness (QED) is 0.796. The SMILES string of the molecule is CC=Cc1nnc2c(C(=O)OC)ccc(C(F)(F)F)n12. The molecule has 0 spiro atoms. The first-order chi connectivity index (χ1) is 9.40. The molecule has 2 aromatic rings. The predicted octanol–water partition coefficient (Wildman–Crippen LogP) is 2.57. The number of pyridine rings is 1. The maximum atomic E-state index is 13.0. The second-order valence-electron chi connectivity index (χ2n) is 3.84. The van der Waals surface area contributed by atoms with Crippen LogP contribution in [0.3, 0.4) is 0 Å². The number of methoxy groups -OCH3 is 1. The number of fused-ring (bicyclic) bond motifs is 1. The summed E-state index contributed by atoms with van der Waals surface area (Å²) in [5, 5.41) is 7.30. The molecule has 5 nitrogen and oxygen atoms in total. The Labute approximate surface area is 111 Å². The average Bonchev–Trinajstić information content (AvgIpc) is 2.80. The van der Waals surface area contributed by atoms with Gasteiger partial charge in [-0.25, -0.2) is 4.79 Å². The number of allylic oxidation sites excluding steroid dienone is 1. The number of nitrogens with zero attached hydrogens (tertiary/aromatic N) is 3. The Kier molecular flexibility index (Phi) is 3.47. The van der Waals surface area contributed by atoms with Gasteiger partial charge in [-0.15, -0.1) is 10.2 Å². The van der Waals surface area contributed by atoms with E-state index >= 15 is 0 Å². The Hall–Kier alpha value is -2.38. The normalized spacial score (nSPS) is 12.2. The summed E-state index contributed by atoms with van der Waals surface area (Å²) in [6.45, 7) is 1.64. The molecule has 0 fully saturated rings.